The van der Waals surface area contributed by atoms with Gasteiger partial charge in [-0.25, -0.2) is 0 Å². The van der Waals surface area contributed by atoms with Gasteiger partial charge in [-0.1, -0.05) is 58.3 Å². The quantitative estimate of drug-likeness (QED) is 0.295. The highest BCUT2D eigenvalue weighted by molar-refractivity contribution is 5.85. The summed E-state index contributed by atoms with van der Waals surface area (Å²) in [6.07, 6.45) is 10.7. The molecule has 0 heterocycles. The smallest absolute Gasteiger partial charge is 0.322 e. The Bertz CT molecular complexity index is 370. The fourth-order valence-electron chi connectivity index (χ4n) is 2.35. The molecular weight excluding hydrogens is 310 g/mol. The number of nitrogens with two attached hydrogens (primary N) is 1. The molecule has 0 aromatic heterocycles. The predicted octanol–water partition coefficient (Wildman–Crippen LogP) is 3.26. The summed E-state index contributed by atoms with van der Waals surface area (Å²) in [6.45, 7) is 2.21. The molecule has 1 atom stereocenters. The fourth-order valence-corrected chi connectivity index (χ4v) is 2.35. The first kappa shape index (κ1) is 22.6. The molecule has 0 aliphatic carbocycles. The standard InChI is InChI=1S/C18H33NO5/c1-3-4-5-6-7-8-9-10-11-12-16(20)24-17(21)14-13-15(19)18(22)23-2/h15H,3-14,19H2,1-2H3. The van der Waals surface area contributed by atoms with E-state index in [2.05, 4.69) is 11.7 Å². The lowest BCUT2D eigenvalue weighted by Crippen LogP contribution is -2.32. The second-order valence-corrected chi connectivity index (χ2v) is 6.09. The van der Waals surface area contributed by atoms with Crippen LogP contribution >= 0.6 is 0 Å². The lowest BCUT2D eigenvalue weighted by atomic mass is 10.1. The molecule has 0 bridgehead atoms. The van der Waals surface area contributed by atoms with Gasteiger partial charge in [-0.05, 0) is 12.8 Å². The van der Waals surface area contributed by atoms with Gasteiger partial charge in [0.2, 0.25) is 0 Å². The molecule has 1 unspecified atom stereocenters. The maximum Gasteiger partial charge on any atom is 0.322 e. The van der Waals surface area contributed by atoms with Crippen molar-refractivity contribution in [2.75, 3.05) is 7.11 Å². The molecule has 0 aliphatic rings. The Labute approximate surface area is 145 Å². The van der Waals surface area contributed by atoms with Crippen molar-refractivity contribution in [3.8, 4) is 0 Å². The van der Waals surface area contributed by atoms with Gasteiger partial charge in [0, 0.05) is 12.8 Å². The van der Waals surface area contributed by atoms with E-state index in [-0.39, 0.29) is 19.3 Å². The van der Waals surface area contributed by atoms with Gasteiger partial charge >= 0.3 is 17.9 Å². The van der Waals surface area contributed by atoms with Gasteiger partial charge in [-0.3, -0.25) is 14.4 Å². The Morgan fingerprint density at radius 2 is 1.33 bits per heavy atom. The van der Waals surface area contributed by atoms with Crippen LogP contribution in [0.5, 0.6) is 0 Å². The third kappa shape index (κ3) is 13.0. The maximum absolute atomic E-state index is 11.5. The molecule has 0 fully saturated rings. The van der Waals surface area contributed by atoms with E-state index >= 15 is 0 Å². The molecule has 0 aromatic rings. The minimum Gasteiger partial charge on any atom is -0.468 e. The summed E-state index contributed by atoms with van der Waals surface area (Å²) in [6, 6.07) is -0.866. The van der Waals surface area contributed by atoms with Gasteiger partial charge in [-0.2, -0.15) is 0 Å². The van der Waals surface area contributed by atoms with Crippen molar-refractivity contribution >= 4 is 17.9 Å². The summed E-state index contributed by atoms with van der Waals surface area (Å²) in [5.41, 5.74) is 5.50. The van der Waals surface area contributed by atoms with Crippen LogP contribution in [0.2, 0.25) is 0 Å². The van der Waals surface area contributed by atoms with E-state index in [4.69, 9.17) is 10.5 Å². The Morgan fingerprint density at radius 3 is 1.88 bits per heavy atom. The number of ether oxygens (including phenoxy) is 2. The van der Waals surface area contributed by atoms with Crippen LogP contribution in [-0.2, 0) is 23.9 Å². The van der Waals surface area contributed by atoms with Crippen molar-refractivity contribution in [3.63, 3.8) is 0 Å². The molecule has 0 radical (unpaired) electrons. The van der Waals surface area contributed by atoms with Crippen LogP contribution in [0.1, 0.15) is 84.0 Å². The summed E-state index contributed by atoms with van der Waals surface area (Å²) >= 11 is 0. The van der Waals surface area contributed by atoms with E-state index in [1.807, 2.05) is 0 Å². The molecule has 2 N–H and O–H groups in total. The van der Waals surface area contributed by atoms with Crippen LogP contribution in [0.25, 0.3) is 0 Å². The molecule has 0 amide bonds. The Balaban J connectivity index is 3.54. The molecule has 24 heavy (non-hydrogen) atoms. The van der Waals surface area contributed by atoms with Crippen LogP contribution < -0.4 is 5.73 Å². The molecule has 0 aliphatic heterocycles. The zero-order valence-corrected chi connectivity index (χ0v) is 15.2. The SMILES string of the molecule is CCCCCCCCCCCC(=O)OC(=O)CCC(N)C(=O)OC. The molecule has 6 heteroatoms. The van der Waals surface area contributed by atoms with E-state index in [0.29, 0.717) is 0 Å². The first-order chi connectivity index (χ1) is 11.5. The maximum atomic E-state index is 11.5. The minimum absolute atomic E-state index is 0.0697. The third-order valence-electron chi connectivity index (χ3n) is 3.88. The average molecular weight is 343 g/mol. The lowest BCUT2D eigenvalue weighted by molar-refractivity contribution is -0.159. The predicted molar refractivity (Wildman–Crippen MR) is 92.2 cm³/mol. The number of hydrogen-bond donors (Lipinski definition) is 1. The van der Waals surface area contributed by atoms with Gasteiger partial charge in [0.25, 0.3) is 0 Å². The summed E-state index contributed by atoms with van der Waals surface area (Å²) in [5, 5.41) is 0. The van der Waals surface area contributed by atoms with E-state index < -0.39 is 23.9 Å². The molecule has 0 aromatic carbocycles. The number of carbonyl (C=O) groups is 3. The molecule has 6 nitrogen and oxygen atoms in total. The monoisotopic (exact) mass is 343 g/mol. The normalized spacial score (nSPS) is 11.8. The van der Waals surface area contributed by atoms with Crippen molar-refractivity contribution in [1.29, 1.82) is 0 Å². The van der Waals surface area contributed by atoms with E-state index in [9.17, 15) is 14.4 Å². The fraction of sp³-hybridized carbons (Fsp3) is 0.833. The van der Waals surface area contributed by atoms with Crippen LogP contribution in [0.15, 0.2) is 0 Å². The van der Waals surface area contributed by atoms with Crippen LogP contribution in [0.3, 0.4) is 0 Å². The van der Waals surface area contributed by atoms with Crippen molar-refractivity contribution < 1.29 is 23.9 Å². The van der Waals surface area contributed by atoms with Crippen molar-refractivity contribution in [1.82, 2.24) is 0 Å². The summed E-state index contributed by atoms with van der Waals surface area (Å²) in [5.74, 6) is -1.73. The zero-order chi connectivity index (χ0) is 18.2. The molecule has 0 rings (SSSR count). The van der Waals surface area contributed by atoms with Crippen molar-refractivity contribution in [3.05, 3.63) is 0 Å². The molecule has 0 saturated carbocycles. The van der Waals surface area contributed by atoms with Crippen LogP contribution in [0, 0.1) is 0 Å². The lowest BCUT2D eigenvalue weighted by Gasteiger charge is -2.08. The summed E-state index contributed by atoms with van der Waals surface area (Å²) < 4.78 is 9.16. The van der Waals surface area contributed by atoms with E-state index in [1.165, 1.54) is 45.6 Å². The average Bonchev–Trinajstić information content (AvgIpc) is 2.57. The first-order valence-electron chi connectivity index (χ1n) is 9.08. The van der Waals surface area contributed by atoms with Gasteiger partial charge in [0.15, 0.2) is 0 Å². The Kier molecular flexibility index (Phi) is 14.2. The highest BCUT2D eigenvalue weighted by atomic mass is 16.6. The molecule has 0 spiro atoms. The number of esters is 3. The second-order valence-electron chi connectivity index (χ2n) is 6.09. The second kappa shape index (κ2) is 15.1. The Hall–Kier alpha value is -1.43. The minimum atomic E-state index is -0.866. The number of rotatable bonds is 14. The van der Waals surface area contributed by atoms with Crippen LogP contribution in [0.4, 0.5) is 0 Å². The van der Waals surface area contributed by atoms with Gasteiger partial charge in [-0.15, -0.1) is 0 Å². The van der Waals surface area contributed by atoms with Crippen molar-refractivity contribution in [2.45, 2.75) is 90.0 Å². The highest BCUT2D eigenvalue weighted by Crippen LogP contribution is 2.11. The highest BCUT2D eigenvalue weighted by Gasteiger charge is 2.17. The molecular formula is C18H33NO5. The first-order valence-corrected chi connectivity index (χ1v) is 9.08. The number of unbranched alkanes of at least 4 members (excludes halogenated alkanes) is 8. The largest absolute Gasteiger partial charge is 0.468 e. The van der Waals surface area contributed by atoms with Gasteiger partial charge in [0.05, 0.1) is 7.11 Å². The third-order valence-corrected chi connectivity index (χ3v) is 3.88. The van der Waals surface area contributed by atoms with E-state index in [1.54, 1.807) is 0 Å². The Morgan fingerprint density at radius 1 is 0.833 bits per heavy atom. The number of methoxy groups -OCH3 is 1. The van der Waals surface area contributed by atoms with Gasteiger partial charge in [0.1, 0.15) is 6.04 Å². The summed E-state index contributed by atoms with van der Waals surface area (Å²) in [7, 11) is 1.23. The molecule has 140 valence electrons. The summed E-state index contributed by atoms with van der Waals surface area (Å²) in [4.78, 5) is 34.1. The van der Waals surface area contributed by atoms with Crippen molar-refractivity contribution in [2.24, 2.45) is 5.73 Å². The van der Waals surface area contributed by atoms with E-state index in [0.717, 1.165) is 19.3 Å². The number of hydrogen-bond acceptors (Lipinski definition) is 6. The topological polar surface area (TPSA) is 95.7 Å². The zero-order valence-electron chi connectivity index (χ0n) is 15.2. The van der Waals surface area contributed by atoms with Gasteiger partial charge < -0.3 is 15.2 Å². The van der Waals surface area contributed by atoms with Crippen LogP contribution in [-0.4, -0.2) is 31.1 Å². The molecule has 0 saturated heterocycles. The number of carbonyl (C=O) groups excluding carboxylic acids is 3.